The summed E-state index contributed by atoms with van der Waals surface area (Å²) in [6, 6.07) is 0. The molecule has 6 aliphatic carbocycles. The van der Waals surface area contributed by atoms with Crippen molar-refractivity contribution in [3.8, 4) is 0 Å². The second-order valence-corrected chi connectivity index (χ2v) is 19.1. The molecule has 312 valence electrons. The van der Waals surface area contributed by atoms with Crippen LogP contribution in [-0.2, 0) is 4.74 Å². The third-order valence-electron chi connectivity index (χ3n) is 16.0. The van der Waals surface area contributed by atoms with Crippen molar-refractivity contribution in [3.63, 3.8) is 0 Å². The van der Waals surface area contributed by atoms with Crippen LogP contribution in [0.5, 0.6) is 0 Å². The monoisotopic (exact) mass is 779 g/mol. The van der Waals surface area contributed by atoms with E-state index in [-0.39, 0.29) is 25.0 Å². The van der Waals surface area contributed by atoms with Gasteiger partial charge in [0.2, 0.25) is 0 Å². The zero-order valence-corrected chi connectivity index (χ0v) is 34.2. The summed E-state index contributed by atoms with van der Waals surface area (Å²) in [5.41, 5.74) is -6.95. The predicted molar refractivity (Wildman–Crippen MR) is 212 cm³/mol. The van der Waals surface area contributed by atoms with Crippen molar-refractivity contribution in [3.05, 3.63) is 47.6 Å². The van der Waals surface area contributed by atoms with Crippen LogP contribution in [0.1, 0.15) is 181 Å². The van der Waals surface area contributed by atoms with E-state index in [0.29, 0.717) is 37.5 Å². The van der Waals surface area contributed by atoms with E-state index in [4.69, 9.17) is 4.74 Å². The Hall–Kier alpha value is -1.50. The summed E-state index contributed by atoms with van der Waals surface area (Å²) >= 11 is 0. The van der Waals surface area contributed by atoms with Crippen LogP contribution in [0.4, 0.5) is 26.3 Å². The lowest BCUT2D eigenvalue weighted by Crippen LogP contribution is -2.52. The van der Waals surface area contributed by atoms with Gasteiger partial charge in [-0.05, 0) is 87.2 Å². The number of hydrogen-bond acceptors (Lipinski definition) is 1. The van der Waals surface area contributed by atoms with Gasteiger partial charge in [-0.3, -0.25) is 0 Å². The molecule has 0 aliphatic heterocycles. The molecule has 4 atom stereocenters. The zero-order chi connectivity index (χ0) is 39.1. The van der Waals surface area contributed by atoms with Gasteiger partial charge in [0.15, 0.2) is 23.0 Å². The van der Waals surface area contributed by atoms with Crippen molar-refractivity contribution in [1.82, 2.24) is 0 Å². The highest BCUT2D eigenvalue weighted by Crippen LogP contribution is 2.63. The van der Waals surface area contributed by atoms with Crippen LogP contribution in [0.25, 0.3) is 0 Å². The van der Waals surface area contributed by atoms with Gasteiger partial charge < -0.3 is 4.74 Å². The van der Waals surface area contributed by atoms with Crippen molar-refractivity contribution in [2.45, 2.75) is 192 Å². The molecule has 0 spiro atoms. The molecule has 6 rings (SSSR count). The average molecular weight is 779 g/mol. The molecule has 4 fully saturated rings. The van der Waals surface area contributed by atoms with Crippen LogP contribution < -0.4 is 0 Å². The molecule has 0 radical (unpaired) electrons. The summed E-state index contributed by atoms with van der Waals surface area (Å²) in [4.78, 5) is 0. The molecule has 0 aromatic carbocycles. The van der Waals surface area contributed by atoms with E-state index in [1.807, 2.05) is 0 Å². The van der Waals surface area contributed by atoms with Crippen molar-refractivity contribution in [1.29, 1.82) is 0 Å². The average Bonchev–Trinajstić information content (AvgIpc) is 3.22. The molecule has 6 aliphatic rings. The Balaban J connectivity index is 1.09. The minimum Gasteiger partial charge on any atom is -0.379 e. The summed E-state index contributed by atoms with van der Waals surface area (Å²) in [5, 5.41) is 0. The number of allylic oxidation sites excluding steroid dienone is 4. The molecule has 0 bridgehead atoms. The number of alkyl halides is 2. The van der Waals surface area contributed by atoms with E-state index in [0.717, 1.165) is 89.9 Å². The number of ether oxygens (including phenoxy) is 1. The Bertz CT molecular complexity index is 1250. The molecule has 0 saturated heterocycles. The minimum atomic E-state index is -2.51. The Morgan fingerprint density at radius 2 is 0.891 bits per heavy atom. The lowest BCUT2D eigenvalue weighted by molar-refractivity contribution is -0.0619. The topological polar surface area (TPSA) is 9.23 Å². The van der Waals surface area contributed by atoms with E-state index in [1.54, 1.807) is 0 Å². The highest BCUT2D eigenvalue weighted by Gasteiger charge is 2.61. The van der Waals surface area contributed by atoms with E-state index < -0.39 is 57.3 Å². The second kappa shape index (κ2) is 19.0. The maximum absolute atomic E-state index is 17.3. The number of rotatable bonds is 16. The Morgan fingerprint density at radius 1 is 0.527 bits per heavy atom. The van der Waals surface area contributed by atoms with Gasteiger partial charge in [-0.15, -0.1) is 0 Å². The summed E-state index contributed by atoms with van der Waals surface area (Å²) < 4.78 is 105. The summed E-state index contributed by atoms with van der Waals surface area (Å²) in [5.74, 6) is -6.05. The molecule has 0 aromatic rings. The largest absolute Gasteiger partial charge is 0.379 e. The standard InChI is InChI=1S/C48H72F6O/c1-3-5-9-15-35-17-21-39(22-18-35)45(27-11-7-12-28-45)47(53)31-25-37(41(49)43(47)51)33-55-34-38-26-32-48(54,44(52)42(38)50)46(29-13-8-14-30-46)40-23-19-36(20-24-40)16-10-6-4-2/h25-26,31-32,35-40H,3-24,27-30,33-34H2,1-2H3/t35?,36?,37-,38-,39?,40?,47+,48+/m0/s1. The molecule has 7 heteroatoms. The van der Waals surface area contributed by atoms with Gasteiger partial charge in [-0.2, -0.15) is 0 Å². The summed E-state index contributed by atoms with van der Waals surface area (Å²) in [6.45, 7) is 3.73. The van der Waals surface area contributed by atoms with Crippen molar-refractivity contribution in [2.24, 2.45) is 46.3 Å². The number of unbranched alkanes of at least 4 members (excludes halogenated alkanes) is 4. The molecular formula is C48H72F6O. The summed E-state index contributed by atoms with van der Waals surface area (Å²) in [7, 11) is 0. The van der Waals surface area contributed by atoms with Crippen LogP contribution in [-0.4, -0.2) is 24.6 Å². The van der Waals surface area contributed by atoms with E-state index >= 15 is 26.3 Å². The van der Waals surface area contributed by atoms with Gasteiger partial charge >= 0.3 is 0 Å². The molecule has 1 nitrogen and oxygen atoms in total. The van der Waals surface area contributed by atoms with Crippen LogP contribution in [0, 0.1) is 46.3 Å². The molecule has 0 aromatic heterocycles. The van der Waals surface area contributed by atoms with Gasteiger partial charge in [-0.1, -0.05) is 142 Å². The molecule has 0 N–H and O–H groups in total. The van der Waals surface area contributed by atoms with E-state index in [9.17, 15) is 0 Å². The Morgan fingerprint density at radius 3 is 1.24 bits per heavy atom. The van der Waals surface area contributed by atoms with Crippen LogP contribution in [0.2, 0.25) is 0 Å². The fraction of sp³-hybridized carbons (Fsp3) is 0.833. The predicted octanol–water partition coefficient (Wildman–Crippen LogP) is 15.8. The first kappa shape index (κ1) is 43.1. The normalized spacial score (nSPS) is 36.7. The molecular weight excluding hydrogens is 707 g/mol. The first-order valence-electron chi connectivity index (χ1n) is 23.0. The van der Waals surface area contributed by atoms with E-state index in [2.05, 4.69) is 13.8 Å². The number of halogens is 6. The Kier molecular flexibility index (Phi) is 14.9. The second-order valence-electron chi connectivity index (χ2n) is 19.1. The highest BCUT2D eigenvalue weighted by molar-refractivity contribution is 5.37. The summed E-state index contributed by atoms with van der Waals surface area (Å²) in [6.07, 6.45) is 29.8. The first-order chi connectivity index (χ1) is 26.5. The van der Waals surface area contributed by atoms with Gasteiger partial charge in [-0.25, -0.2) is 26.3 Å². The van der Waals surface area contributed by atoms with Crippen molar-refractivity contribution in [2.75, 3.05) is 13.2 Å². The van der Waals surface area contributed by atoms with Crippen LogP contribution in [0.3, 0.4) is 0 Å². The van der Waals surface area contributed by atoms with Gasteiger partial charge in [0.05, 0.1) is 25.0 Å². The molecule has 0 heterocycles. The maximum atomic E-state index is 17.3. The SMILES string of the molecule is CCCCCC1CCC(C2([C@@]3(F)C=C[C@@H](COC[C@@H]4C=C[C@](F)(C5(C6CCC(CCCCC)CC6)CCCCC5)C(F)=C4F)C(F)=C3F)CCCCC2)CC1. The fourth-order valence-corrected chi connectivity index (χ4v) is 12.7. The van der Waals surface area contributed by atoms with E-state index in [1.165, 1.54) is 75.7 Å². The minimum absolute atomic E-state index is 0.0000703. The Labute approximate surface area is 329 Å². The molecule has 55 heavy (non-hydrogen) atoms. The lowest BCUT2D eigenvalue weighted by atomic mass is 9.53. The molecule has 0 amide bonds. The smallest absolute Gasteiger partial charge is 0.188 e. The molecule has 0 unspecified atom stereocenters. The molecule has 4 saturated carbocycles. The number of hydrogen-bond donors (Lipinski definition) is 0. The first-order valence-corrected chi connectivity index (χ1v) is 23.0. The van der Waals surface area contributed by atoms with Crippen molar-refractivity contribution >= 4 is 0 Å². The highest BCUT2D eigenvalue weighted by atomic mass is 19.2. The maximum Gasteiger partial charge on any atom is 0.188 e. The fourth-order valence-electron chi connectivity index (χ4n) is 12.7. The lowest BCUT2D eigenvalue weighted by Gasteiger charge is -2.53. The quantitative estimate of drug-likeness (QED) is 0.0861. The van der Waals surface area contributed by atoms with Gasteiger partial charge in [0.1, 0.15) is 11.7 Å². The van der Waals surface area contributed by atoms with Crippen LogP contribution >= 0.6 is 0 Å². The third-order valence-corrected chi connectivity index (χ3v) is 16.0. The zero-order valence-electron chi connectivity index (χ0n) is 34.2. The van der Waals surface area contributed by atoms with Gasteiger partial charge in [0, 0.05) is 10.8 Å². The third kappa shape index (κ3) is 8.64. The van der Waals surface area contributed by atoms with Gasteiger partial charge in [0.25, 0.3) is 0 Å². The van der Waals surface area contributed by atoms with Crippen LogP contribution in [0.15, 0.2) is 47.6 Å². The van der Waals surface area contributed by atoms with Crippen molar-refractivity contribution < 1.29 is 31.1 Å².